The average Bonchev–Trinajstić information content (AvgIpc) is 2.53. The third-order valence-electron chi connectivity index (χ3n) is 4.52. The van der Waals surface area contributed by atoms with Crippen molar-refractivity contribution in [3.8, 4) is 0 Å². The number of halogens is 1. The largest absolute Gasteiger partial charge is 0.342 e. The molecule has 152 valence electrons. The molecule has 0 bridgehead atoms. The van der Waals surface area contributed by atoms with Crippen LogP contribution in [0.4, 0.5) is 0 Å². The fourth-order valence-corrected chi connectivity index (χ4v) is 2.81. The molecule has 5 N–H and O–H groups in total. The molecule has 0 aromatic heterocycles. The van der Waals surface area contributed by atoms with Crippen LogP contribution in [0.3, 0.4) is 0 Å². The lowest BCUT2D eigenvalue weighted by atomic mass is 10.0. The van der Waals surface area contributed by atoms with E-state index >= 15 is 0 Å². The zero-order valence-corrected chi connectivity index (χ0v) is 17.9. The minimum atomic E-state index is -2.73. The molecule has 1 unspecified atom stereocenters. The summed E-state index contributed by atoms with van der Waals surface area (Å²) in [4.78, 5) is 0. The van der Waals surface area contributed by atoms with Crippen LogP contribution in [0, 0.1) is 0 Å². The molecule has 0 rings (SSSR count). The van der Waals surface area contributed by atoms with E-state index in [0.29, 0.717) is 6.42 Å². The van der Waals surface area contributed by atoms with Gasteiger partial charge in [0.05, 0.1) is 6.04 Å². The SMILES string of the molecule is Br.CCCCCCCC/C=C\CCCCCCCCC(N)C(O)(O)O. The molecule has 0 heterocycles. The van der Waals surface area contributed by atoms with E-state index in [2.05, 4.69) is 19.1 Å². The highest BCUT2D eigenvalue weighted by atomic mass is 79.9. The standard InChI is InChI=1S/C20H41NO3.BrH/c1-2-3-4-5-6-7-8-9-10-11-12-13-14-15-16-17-18-19(21)20(22,23)24;/h9-10,19,22-24H,2-8,11-18,21H2,1H3;1H/b10-9-;. The van der Waals surface area contributed by atoms with E-state index in [4.69, 9.17) is 21.1 Å². The Morgan fingerprint density at radius 3 is 1.56 bits per heavy atom. The molecule has 0 radical (unpaired) electrons. The summed E-state index contributed by atoms with van der Waals surface area (Å²) >= 11 is 0. The van der Waals surface area contributed by atoms with Gasteiger partial charge < -0.3 is 21.1 Å². The van der Waals surface area contributed by atoms with E-state index < -0.39 is 12.0 Å². The molecule has 0 fully saturated rings. The molecule has 0 saturated heterocycles. The third-order valence-corrected chi connectivity index (χ3v) is 4.52. The van der Waals surface area contributed by atoms with Crippen molar-refractivity contribution in [2.45, 2.75) is 115 Å². The molecule has 5 heteroatoms. The lowest BCUT2D eigenvalue weighted by Crippen LogP contribution is -2.47. The highest BCUT2D eigenvalue weighted by Crippen LogP contribution is 2.13. The Morgan fingerprint density at radius 2 is 1.12 bits per heavy atom. The molecule has 0 aliphatic heterocycles. The number of allylic oxidation sites excluding steroid dienone is 2. The van der Waals surface area contributed by atoms with E-state index in [1.54, 1.807) is 0 Å². The van der Waals surface area contributed by atoms with E-state index in [9.17, 15) is 0 Å². The topological polar surface area (TPSA) is 86.7 Å². The van der Waals surface area contributed by atoms with Crippen molar-refractivity contribution >= 4 is 17.0 Å². The van der Waals surface area contributed by atoms with Crippen LogP contribution in [0.5, 0.6) is 0 Å². The number of nitrogens with two attached hydrogens (primary N) is 1. The molecule has 0 aromatic carbocycles. The van der Waals surface area contributed by atoms with Gasteiger partial charge in [-0.25, -0.2) is 0 Å². The predicted octanol–water partition coefficient (Wildman–Crippen LogP) is 4.95. The summed E-state index contributed by atoms with van der Waals surface area (Å²) < 4.78 is 0. The first-order chi connectivity index (χ1) is 11.5. The van der Waals surface area contributed by atoms with Crippen molar-refractivity contribution in [3.63, 3.8) is 0 Å². The Kier molecular flexibility index (Phi) is 20.6. The summed E-state index contributed by atoms with van der Waals surface area (Å²) in [6, 6.07) is -0.978. The maximum absolute atomic E-state index is 8.89. The van der Waals surface area contributed by atoms with Gasteiger partial charge in [-0.15, -0.1) is 17.0 Å². The van der Waals surface area contributed by atoms with Crippen LogP contribution >= 0.6 is 17.0 Å². The van der Waals surface area contributed by atoms with Crippen LogP contribution < -0.4 is 5.73 Å². The quantitative estimate of drug-likeness (QED) is 0.151. The van der Waals surface area contributed by atoms with Crippen LogP contribution in [0.25, 0.3) is 0 Å². The summed E-state index contributed by atoms with van der Waals surface area (Å²) in [7, 11) is 0. The minimum absolute atomic E-state index is 0. The van der Waals surface area contributed by atoms with Crippen molar-refractivity contribution < 1.29 is 15.3 Å². The van der Waals surface area contributed by atoms with Crippen LogP contribution in [0.2, 0.25) is 0 Å². The maximum Gasteiger partial charge on any atom is 0.291 e. The second kappa shape index (κ2) is 18.8. The number of aliphatic hydroxyl groups is 3. The van der Waals surface area contributed by atoms with Gasteiger partial charge in [0.2, 0.25) is 0 Å². The lowest BCUT2D eigenvalue weighted by molar-refractivity contribution is -0.323. The summed E-state index contributed by atoms with van der Waals surface area (Å²) in [5.41, 5.74) is 5.45. The van der Waals surface area contributed by atoms with Gasteiger partial charge in [-0.1, -0.05) is 83.3 Å². The molecule has 0 amide bonds. The normalized spacial score (nSPS) is 13.2. The van der Waals surface area contributed by atoms with E-state index in [1.165, 1.54) is 70.6 Å². The molecule has 1 atom stereocenters. The molecule has 0 aliphatic carbocycles. The molecule has 0 spiro atoms. The molecule has 0 aromatic rings. The Bertz CT molecular complexity index is 293. The van der Waals surface area contributed by atoms with Gasteiger partial charge >= 0.3 is 0 Å². The molecular weight excluding hydrogens is 382 g/mol. The van der Waals surface area contributed by atoms with E-state index in [1.807, 2.05) is 0 Å². The Labute approximate surface area is 165 Å². The molecule has 0 aliphatic rings. The average molecular weight is 424 g/mol. The summed E-state index contributed by atoms with van der Waals surface area (Å²) in [5.74, 6) is -2.73. The zero-order valence-electron chi connectivity index (χ0n) is 16.2. The van der Waals surface area contributed by atoms with Gasteiger partial charge in [0.15, 0.2) is 0 Å². The molecular formula is C20H42BrNO3. The third kappa shape index (κ3) is 20.2. The van der Waals surface area contributed by atoms with E-state index in [-0.39, 0.29) is 17.0 Å². The van der Waals surface area contributed by atoms with Gasteiger partial charge in [0.25, 0.3) is 5.97 Å². The Balaban J connectivity index is 0. The lowest BCUT2D eigenvalue weighted by Gasteiger charge is -2.21. The van der Waals surface area contributed by atoms with Gasteiger partial charge in [0, 0.05) is 0 Å². The molecule has 4 nitrogen and oxygen atoms in total. The minimum Gasteiger partial charge on any atom is -0.342 e. The summed E-state index contributed by atoms with van der Waals surface area (Å²) in [6.07, 6.45) is 22.4. The van der Waals surface area contributed by atoms with Crippen molar-refractivity contribution in [2.24, 2.45) is 5.73 Å². The highest BCUT2D eigenvalue weighted by Gasteiger charge is 2.27. The molecule has 0 saturated carbocycles. The van der Waals surface area contributed by atoms with Gasteiger partial charge in [0.1, 0.15) is 0 Å². The maximum atomic E-state index is 8.89. The Hall–Kier alpha value is 0.0600. The first-order valence-electron chi connectivity index (χ1n) is 10.1. The van der Waals surface area contributed by atoms with Gasteiger partial charge in [-0.05, 0) is 32.1 Å². The fourth-order valence-electron chi connectivity index (χ4n) is 2.81. The predicted molar refractivity (Wildman–Crippen MR) is 112 cm³/mol. The van der Waals surface area contributed by atoms with Gasteiger partial charge in [-0.2, -0.15) is 0 Å². The zero-order chi connectivity index (χ0) is 18.1. The van der Waals surface area contributed by atoms with E-state index in [0.717, 1.165) is 19.3 Å². The van der Waals surface area contributed by atoms with Crippen LogP contribution in [0.1, 0.15) is 103 Å². The molecule has 25 heavy (non-hydrogen) atoms. The number of hydrogen-bond acceptors (Lipinski definition) is 4. The summed E-state index contributed by atoms with van der Waals surface area (Å²) in [6.45, 7) is 2.26. The Morgan fingerprint density at radius 1 is 0.720 bits per heavy atom. The first kappa shape index (κ1) is 27.3. The second-order valence-corrected chi connectivity index (χ2v) is 7.02. The highest BCUT2D eigenvalue weighted by molar-refractivity contribution is 8.93. The van der Waals surface area contributed by atoms with Crippen LogP contribution in [0.15, 0.2) is 12.2 Å². The summed E-state index contributed by atoms with van der Waals surface area (Å²) in [5, 5.41) is 26.7. The number of hydrogen-bond donors (Lipinski definition) is 4. The number of unbranched alkanes of at least 4 members (excludes halogenated alkanes) is 12. The first-order valence-corrected chi connectivity index (χ1v) is 10.1. The van der Waals surface area contributed by atoms with Crippen LogP contribution in [-0.2, 0) is 0 Å². The van der Waals surface area contributed by atoms with Crippen molar-refractivity contribution in [3.05, 3.63) is 12.2 Å². The van der Waals surface area contributed by atoms with Gasteiger partial charge in [-0.3, -0.25) is 0 Å². The number of rotatable bonds is 17. The fraction of sp³-hybridized carbons (Fsp3) is 0.900. The van der Waals surface area contributed by atoms with Crippen molar-refractivity contribution in [2.75, 3.05) is 0 Å². The van der Waals surface area contributed by atoms with Crippen LogP contribution in [-0.4, -0.2) is 27.3 Å². The monoisotopic (exact) mass is 423 g/mol. The van der Waals surface area contributed by atoms with Crippen molar-refractivity contribution in [1.82, 2.24) is 0 Å². The second-order valence-electron chi connectivity index (χ2n) is 7.02. The van der Waals surface area contributed by atoms with Crippen molar-refractivity contribution in [1.29, 1.82) is 0 Å². The smallest absolute Gasteiger partial charge is 0.291 e.